The van der Waals surface area contributed by atoms with Gasteiger partial charge in [-0.15, -0.1) is 0 Å². The van der Waals surface area contributed by atoms with Crippen molar-refractivity contribution in [3.05, 3.63) is 59.7 Å². The van der Waals surface area contributed by atoms with E-state index in [1.165, 1.54) is 5.56 Å². The van der Waals surface area contributed by atoms with Crippen molar-refractivity contribution in [2.45, 2.75) is 25.2 Å². The summed E-state index contributed by atoms with van der Waals surface area (Å²) in [5.41, 5.74) is 2.57. The second-order valence-corrected chi connectivity index (χ2v) is 5.60. The van der Waals surface area contributed by atoms with Crippen molar-refractivity contribution in [3.63, 3.8) is 0 Å². The van der Waals surface area contributed by atoms with E-state index in [-0.39, 0.29) is 5.91 Å². The molecule has 3 nitrogen and oxygen atoms in total. The molecule has 0 heterocycles. The third kappa shape index (κ3) is 2.51. The molecular weight excluding hydrogens is 262 g/mol. The van der Waals surface area contributed by atoms with Crippen LogP contribution in [0.3, 0.4) is 0 Å². The maximum atomic E-state index is 12.7. The van der Waals surface area contributed by atoms with E-state index >= 15 is 0 Å². The van der Waals surface area contributed by atoms with Gasteiger partial charge in [0.15, 0.2) is 0 Å². The number of ether oxygens (including phenoxy) is 1. The number of rotatable bonds is 4. The molecule has 0 radical (unpaired) electrons. The summed E-state index contributed by atoms with van der Waals surface area (Å²) in [6, 6.07) is 15.6. The Bertz CT molecular complexity index is 657. The Hall–Kier alpha value is -2.29. The molecule has 0 atom stereocenters. The summed E-state index contributed by atoms with van der Waals surface area (Å²) in [6.07, 6.45) is 1.73. The first-order chi connectivity index (χ1) is 10.2. The van der Waals surface area contributed by atoms with Crippen LogP contribution in [0.2, 0.25) is 0 Å². The first-order valence-corrected chi connectivity index (χ1v) is 7.17. The third-order valence-corrected chi connectivity index (χ3v) is 4.12. The van der Waals surface area contributed by atoms with Crippen LogP contribution in [0.4, 0.5) is 5.69 Å². The summed E-state index contributed by atoms with van der Waals surface area (Å²) in [4.78, 5) is 12.7. The maximum absolute atomic E-state index is 12.7. The molecule has 1 N–H and O–H groups in total. The van der Waals surface area contributed by atoms with E-state index in [0.29, 0.717) is 0 Å². The van der Waals surface area contributed by atoms with Crippen LogP contribution in [0.25, 0.3) is 0 Å². The molecule has 3 heteroatoms. The van der Waals surface area contributed by atoms with Crippen LogP contribution in [-0.4, -0.2) is 13.0 Å². The van der Waals surface area contributed by atoms with Crippen LogP contribution >= 0.6 is 0 Å². The number of nitrogens with one attached hydrogen (secondary N) is 1. The number of amides is 1. The molecular formula is C18H19NO2. The Balaban J connectivity index is 1.85. The van der Waals surface area contributed by atoms with Gasteiger partial charge in [0, 0.05) is 11.3 Å². The van der Waals surface area contributed by atoms with Gasteiger partial charge >= 0.3 is 0 Å². The lowest BCUT2D eigenvalue weighted by atomic mass is 9.94. The first-order valence-electron chi connectivity index (χ1n) is 7.17. The molecule has 3 rings (SSSR count). The van der Waals surface area contributed by atoms with Gasteiger partial charge < -0.3 is 10.1 Å². The van der Waals surface area contributed by atoms with E-state index in [2.05, 4.69) is 5.32 Å². The molecule has 0 bridgehead atoms. The zero-order chi connectivity index (χ0) is 14.9. The summed E-state index contributed by atoms with van der Waals surface area (Å²) in [7, 11) is 1.65. The standard InChI is InChI=1S/C18H19NO2/c1-13-7-9-14(10-8-13)19-17(20)18(11-12-18)15-5-3-4-6-16(15)21-2/h3-10H,11-12H2,1-2H3,(H,19,20). The lowest BCUT2D eigenvalue weighted by Gasteiger charge is -2.18. The Kier molecular flexibility index (Phi) is 3.42. The lowest BCUT2D eigenvalue weighted by molar-refractivity contribution is -0.118. The fourth-order valence-electron chi connectivity index (χ4n) is 2.67. The second kappa shape index (κ2) is 5.24. The van der Waals surface area contributed by atoms with Gasteiger partial charge in [-0.1, -0.05) is 35.9 Å². The quantitative estimate of drug-likeness (QED) is 0.928. The number of para-hydroxylation sites is 1. The van der Waals surface area contributed by atoms with Crippen molar-refractivity contribution >= 4 is 11.6 Å². The summed E-state index contributed by atoms with van der Waals surface area (Å²) in [6.45, 7) is 2.03. The largest absolute Gasteiger partial charge is 0.496 e. The predicted molar refractivity (Wildman–Crippen MR) is 83.7 cm³/mol. The molecule has 108 valence electrons. The van der Waals surface area contributed by atoms with Crippen molar-refractivity contribution < 1.29 is 9.53 Å². The summed E-state index contributed by atoms with van der Waals surface area (Å²) >= 11 is 0. The van der Waals surface area contributed by atoms with E-state index in [1.807, 2.05) is 55.5 Å². The zero-order valence-corrected chi connectivity index (χ0v) is 12.3. The van der Waals surface area contributed by atoms with Gasteiger partial charge in [0.25, 0.3) is 0 Å². The topological polar surface area (TPSA) is 38.3 Å². The van der Waals surface area contributed by atoms with Crippen LogP contribution in [0.1, 0.15) is 24.0 Å². The summed E-state index contributed by atoms with van der Waals surface area (Å²) in [5, 5.41) is 3.03. The van der Waals surface area contributed by atoms with Crippen molar-refractivity contribution in [2.75, 3.05) is 12.4 Å². The van der Waals surface area contributed by atoms with Crippen LogP contribution in [0.5, 0.6) is 5.75 Å². The van der Waals surface area contributed by atoms with Gasteiger partial charge in [-0.25, -0.2) is 0 Å². The third-order valence-electron chi connectivity index (χ3n) is 4.12. The van der Waals surface area contributed by atoms with Gasteiger partial charge in [0.2, 0.25) is 5.91 Å². The fraction of sp³-hybridized carbons (Fsp3) is 0.278. The highest BCUT2D eigenvalue weighted by Gasteiger charge is 2.52. The molecule has 0 aromatic heterocycles. The number of hydrogen-bond acceptors (Lipinski definition) is 2. The Morgan fingerprint density at radius 2 is 1.76 bits per heavy atom. The Morgan fingerprint density at radius 1 is 1.10 bits per heavy atom. The number of carbonyl (C=O) groups is 1. The molecule has 2 aromatic carbocycles. The van der Waals surface area contributed by atoms with Crippen molar-refractivity contribution in [2.24, 2.45) is 0 Å². The number of carbonyl (C=O) groups excluding carboxylic acids is 1. The molecule has 0 aliphatic heterocycles. The van der Waals surface area contributed by atoms with Crippen LogP contribution in [0.15, 0.2) is 48.5 Å². The zero-order valence-electron chi connectivity index (χ0n) is 12.3. The fourth-order valence-corrected chi connectivity index (χ4v) is 2.67. The molecule has 1 aliphatic rings. The normalized spacial score (nSPS) is 15.3. The molecule has 2 aromatic rings. The van der Waals surface area contributed by atoms with E-state index in [9.17, 15) is 4.79 Å². The number of methoxy groups -OCH3 is 1. The van der Waals surface area contributed by atoms with Gasteiger partial charge in [-0.3, -0.25) is 4.79 Å². The average Bonchev–Trinajstić information content (AvgIpc) is 3.31. The monoisotopic (exact) mass is 281 g/mol. The molecule has 21 heavy (non-hydrogen) atoms. The highest BCUT2D eigenvalue weighted by atomic mass is 16.5. The Morgan fingerprint density at radius 3 is 2.38 bits per heavy atom. The first kappa shape index (κ1) is 13.7. The van der Waals surface area contributed by atoms with E-state index in [1.54, 1.807) is 7.11 Å². The minimum absolute atomic E-state index is 0.0517. The number of anilines is 1. The van der Waals surface area contributed by atoms with E-state index in [0.717, 1.165) is 29.8 Å². The minimum Gasteiger partial charge on any atom is -0.496 e. The molecule has 0 unspecified atom stereocenters. The van der Waals surface area contributed by atoms with Crippen LogP contribution in [-0.2, 0) is 10.2 Å². The van der Waals surface area contributed by atoms with Crippen molar-refractivity contribution in [1.82, 2.24) is 0 Å². The smallest absolute Gasteiger partial charge is 0.235 e. The van der Waals surface area contributed by atoms with Gasteiger partial charge in [-0.05, 0) is 38.0 Å². The molecule has 1 amide bonds. The second-order valence-electron chi connectivity index (χ2n) is 5.60. The van der Waals surface area contributed by atoms with Gasteiger partial charge in [0.05, 0.1) is 12.5 Å². The van der Waals surface area contributed by atoms with E-state index in [4.69, 9.17) is 4.74 Å². The summed E-state index contributed by atoms with van der Waals surface area (Å²) in [5.74, 6) is 0.838. The SMILES string of the molecule is COc1ccccc1C1(C(=O)Nc2ccc(C)cc2)CC1. The average molecular weight is 281 g/mol. The molecule has 1 fully saturated rings. The lowest BCUT2D eigenvalue weighted by Crippen LogP contribution is -2.28. The molecule has 0 spiro atoms. The highest BCUT2D eigenvalue weighted by Crippen LogP contribution is 2.51. The van der Waals surface area contributed by atoms with E-state index < -0.39 is 5.41 Å². The Labute approximate surface area is 124 Å². The summed E-state index contributed by atoms with van der Waals surface area (Å²) < 4.78 is 5.41. The van der Waals surface area contributed by atoms with Crippen molar-refractivity contribution in [1.29, 1.82) is 0 Å². The molecule has 1 aliphatic carbocycles. The molecule has 0 saturated heterocycles. The number of benzene rings is 2. The van der Waals surface area contributed by atoms with Crippen LogP contribution in [0, 0.1) is 6.92 Å². The predicted octanol–water partition coefficient (Wildman–Crippen LogP) is 3.67. The minimum atomic E-state index is -0.433. The highest BCUT2D eigenvalue weighted by molar-refractivity contribution is 6.01. The molecule has 1 saturated carbocycles. The number of hydrogen-bond donors (Lipinski definition) is 1. The van der Waals surface area contributed by atoms with Gasteiger partial charge in [0.1, 0.15) is 5.75 Å². The number of aryl methyl sites for hydroxylation is 1. The van der Waals surface area contributed by atoms with Crippen molar-refractivity contribution in [3.8, 4) is 5.75 Å². The maximum Gasteiger partial charge on any atom is 0.235 e. The van der Waals surface area contributed by atoms with Crippen LogP contribution < -0.4 is 10.1 Å². The van der Waals surface area contributed by atoms with Gasteiger partial charge in [-0.2, -0.15) is 0 Å².